The maximum atomic E-state index is 12.5. The number of methoxy groups -OCH3 is 1. The number of piperidine rings is 1. The summed E-state index contributed by atoms with van der Waals surface area (Å²) in [5, 5.41) is 5.46. The predicted octanol–water partition coefficient (Wildman–Crippen LogP) is 3.91. The van der Waals surface area contributed by atoms with E-state index >= 15 is 0 Å². The van der Waals surface area contributed by atoms with Gasteiger partial charge in [-0.2, -0.15) is 0 Å². The normalized spacial score (nSPS) is 15.1. The molecule has 9 heteroatoms. The number of nitrogens with zero attached hydrogens (tertiary/aromatic N) is 3. The van der Waals surface area contributed by atoms with Gasteiger partial charge in [-0.3, -0.25) is 4.79 Å². The third-order valence-corrected chi connectivity index (χ3v) is 5.47. The Morgan fingerprint density at radius 2 is 2.00 bits per heavy atom. The zero-order valence-electron chi connectivity index (χ0n) is 17.1. The van der Waals surface area contributed by atoms with E-state index < -0.39 is 5.60 Å². The van der Waals surface area contributed by atoms with Gasteiger partial charge in [0.2, 0.25) is 5.88 Å². The molecule has 0 atom stereocenters. The summed E-state index contributed by atoms with van der Waals surface area (Å²) < 4.78 is 10.6. The van der Waals surface area contributed by atoms with E-state index in [1.54, 1.807) is 28.6 Å². The number of carbonyl (C=O) groups is 2. The third kappa shape index (κ3) is 5.44. The highest BCUT2D eigenvalue weighted by Gasteiger charge is 2.29. The lowest BCUT2D eigenvalue weighted by molar-refractivity contribution is 0.0205. The number of thiazole rings is 1. The molecule has 2 amide bonds. The molecule has 1 N–H and O–H groups in total. The summed E-state index contributed by atoms with van der Waals surface area (Å²) in [7, 11) is 1.50. The monoisotopic (exact) mass is 418 g/mol. The van der Waals surface area contributed by atoms with Crippen LogP contribution < -0.4 is 10.1 Å². The lowest BCUT2D eigenvalue weighted by Gasteiger charge is -2.32. The van der Waals surface area contributed by atoms with E-state index in [0.29, 0.717) is 30.4 Å². The number of likely N-dealkylation sites (tertiary alicyclic amines) is 1. The van der Waals surface area contributed by atoms with Gasteiger partial charge >= 0.3 is 6.09 Å². The van der Waals surface area contributed by atoms with Crippen LogP contribution in [0.4, 0.5) is 10.5 Å². The molecule has 3 heterocycles. The minimum atomic E-state index is -0.498. The van der Waals surface area contributed by atoms with Gasteiger partial charge in [0.1, 0.15) is 17.0 Å². The molecule has 0 aromatic carbocycles. The molecule has 0 radical (unpaired) electrons. The summed E-state index contributed by atoms with van der Waals surface area (Å²) in [6.45, 7) is 6.82. The van der Waals surface area contributed by atoms with Crippen LogP contribution in [0.15, 0.2) is 23.7 Å². The molecule has 0 saturated carbocycles. The number of pyridine rings is 1. The van der Waals surface area contributed by atoms with Crippen molar-refractivity contribution in [1.82, 2.24) is 14.9 Å². The van der Waals surface area contributed by atoms with Gasteiger partial charge in [0, 0.05) is 30.6 Å². The number of hydrogen-bond donors (Lipinski definition) is 1. The summed E-state index contributed by atoms with van der Waals surface area (Å²) in [6, 6.07) is 3.45. The number of amides is 2. The first kappa shape index (κ1) is 21.0. The van der Waals surface area contributed by atoms with Gasteiger partial charge in [-0.05, 0) is 45.7 Å². The highest BCUT2D eigenvalue weighted by molar-refractivity contribution is 7.10. The van der Waals surface area contributed by atoms with Crippen molar-refractivity contribution in [2.75, 3.05) is 25.5 Å². The second-order valence-corrected chi connectivity index (χ2v) is 8.72. The van der Waals surface area contributed by atoms with Crippen molar-refractivity contribution in [3.63, 3.8) is 0 Å². The first-order valence-corrected chi connectivity index (χ1v) is 10.4. The summed E-state index contributed by atoms with van der Waals surface area (Å²) in [5.41, 5.74) is 0.369. The zero-order valence-corrected chi connectivity index (χ0v) is 17.9. The van der Waals surface area contributed by atoms with Crippen molar-refractivity contribution in [3.8, 4) is 5.88 Å². The number of aromatic nitrogens is 2. The van der Waals surface area contributed by atoms with E-state index in [9.17, 15) is 9.59 Å². The molecule has 1 aliphatic rings. The van der Waals surface area contributed by atoms with Crippen LogP contribution in [-0.2, 0) is 4.74 Å². The third-order valence-electron chi connectivity index (χ3n) is 4.46. The topological polar surface area (TPSA) is 93.7 Å². The summed E-state index contributed by atoms with van der Waals surface area (Å²) in [5.74, 6) is 0.281. The predicted molar refractivity (Wildman–Crippen MR) is 111 cm³/mol. The molecule has 0 unspecified atom stereocenters. The Hall–Kier alpha value is -2.68. The minimum Gasteiger partial charge on any atom is -0.480 e. The number of hydrogen-bond acceptors (Lipinski definition) is 7. The van der Waals surface area contributed by atoms with Gasteiger partial charge in [0.25, 0.3) is 5.91 Å². The maximum Gasteiger partial charge on any atom is 0.410 e. The minimum absolute atomic E-state index is 0.230. The molecule has 156 valence electrons. The van der Waals surface area contributed by atoms with Gasteiger partial charge in [0.15, 0.2) is 0 Å². The lowest BCUT2D eigenvalue weighted by Crippen LogP contribution is -2.41. The lowest BCUT2D eigenvalue weighted by atomic mass is 9.98. The number of rotatable bonds is 4. The first-order valence-electron chi connectivity index (χ1n) is 9.50. The Labute approximate surface area is 174 Å². The fraction of sp³-hybridized carbons (Fsp3) is 0.500. The maximum absolute atomic E-state index is 12.5. The van der Waals surface area contributed by atoms with Crippen molar-refractivity contribution in [2.24, 2.45) is 0 Å². The van der Waals surface area contributed by atoms with Crippen LogP contribution in [0.25, 0.3) is 0 Å². The van der Waals surface area contributed by atoms with Crippen LogP contribution in [0.5, 0.6) is 5.88 Å². The SMILES string of the molecule is COc1ncccc1NC(=O)c1csc(C2CCN(C(=O)OC(C)(C)C)CC2)n1. The van der Waals surface area contributed by atoms with Crippen molar-refractivity contribution in [3.05, 3.63) is 34.4 Å². The molecule has 0 aliphatic carbocycles. The van der Waals surface area contributed by atoms with E-state index in [1.807, 2.05) is 20.8 Å². The Morgan fingerprint density at radius 1 is 1.28 bits per heavy atom. The fourth-order valence-corrected chi connectivity index (χ4v) is 4.02. The number of anilines is 1. The van der Waals surface area contributed by atoms with Gasteiger partial charge in [-0.1, -0.05) is 0 Å². The highest BCUT2D eigenvalue weighted by Crippen LogP contribution is 2.31. The van der Waals surface area contributed by atoms with E-state index in [-0.39, 0.29) is 17.9 Å². The standard InChI is InChI=1S/C20H26N4O4S/c1-20(2,3)28-19(26)24-10-7-13(8-11-24)18-23-15(12-29-18)16(25)22-14-6-5-9-21-17(14)27-4/h5-6,9,12-13H,7-8,10-11H2,1-4H3,(H,22,25). The van der Waals surface area contributed by atoms with Gasteiger partial charge in [-0.25, -0.2) is 14.8 Å². The van der Waals surface area contributed by atoms with E-state index in [1.165, 1.54) is 18.4 Å². The summed E-state index contributed by atoms with van der Waals surface area (Å²) in [4.78, 5) is 35.1. The number of nitrogens with one attached hydrogen (secondary N) is 1. The molecule has 0 spiro atoms. The molecule has 1 aliphatic heterocycles. The Kier molecular flexibility index (Phi) is 6.36. The molecule has 8 nitrogen and oxygen atoms in total. The average Bonchev–Trinajstić information content (AvgIpc) is 3.17. The van der Waals surface area contributed by atoms with Gasteiger partial charge in [0.05, 0.1) is 12.1 Å². The second kappa shape index (κ2) is 8.77. The first-order chi connectivity index (χ1) is 13.8. The van der Waals surface area contributed by atoms with Crippen LogP contribution in [0.3, 0.4) is 0 Å². The van der Waals surface area contributed by atoms with E-state index in [4.69, 9.17) is 9.47 Å². The molecule has 2 aromatic rings. The molecular weight excluding hydrogens is 392 g/mol. The van der Waals surface area contributed by atoms with Crippen LogP contribution >= 0.6 is 11.3 Å². The van der Waals surface area contributed by atoms with Gasteiger partial charge in [-0.15, -0.1) is 11.3 Å². The number of ether oxygens (including phenoxy) is 2. The van der Waals surface area contributed by atoms with Crippen LogP contribution in [0, 0.1) is 0 Å². The molecular formula is C20H26N4O4S. The van der Waals surface area contributed by atoms with Crippen LogP contribution in [0.2, 0.25) is 0 Å². The molecule has 0 bridgehead atoms. The Morgan fingerprint density at radius 3 is 2.66 bits per heavy atom. The van der Waals surface area contributed by atoms with Crippen molar-refractivity contribution in [1.29, 1.82) is 0 Å². The van der Waals surface area contributed by atoms with Crippen molar-refractivity contribution < 1.29 is 19.1 Å². The Bertz CT molecular complexity index is 869. The summed E-state index contributed by atoms with van der Waals surface area (Å²) >= 11 is 1.47. The zero-order chi connectivity index (χ0) is 21.0. The number of carbonyl (C=O) groups excluding carboxylic acids is 2. The van der Waals surface area contributed by atoms with Crippen LogP contribution in [0.1, 0.15) is 55.0 Å². The largest absolute Gasteiger partial charge is 0.480 e. The molecule has 29 heavy (non-hydrogen) atoms. The van der Waals surface area contributed by atoms with E-state index in [2.05, 4.69) is 15.3 Å². The van der Waals surface area contributed by atoms with Crippen molar-refractivity contribution in [2.45, 2.75) is 45.1 Å². The summed E-state index contributed by atoms with van der Waals surface area (Å²) in [6.07, 6.45) is 2.91. The van der Waals surface area contributed by atoms with Crippen LogP contribution in [-0.4, -0.2) is 52.7 Å². The second-order valence-electron chi connectivity index (χ2n) is 7.83. The molecule has 1 saturated heterocycles. The molecule has 2 aromatic heterocycles. The Balaban J connectivity index is 1.58. The quantitative estimate of drug-likeness (QED) is 0.809. The fourth-order valence-electron chi connectivity index (χ4n) is 3.05. The molecule has 1 fully saturated rings. The van der Waals surface area contributed by atoms with Gasteiger partial charge < -0.3 is 19.7 Å². The molecule has 3 rings (SSSR count). The van der Waals surface area contributed by atoms with E-state index in [0.717, 1.165) is 17.8 Å². The van der Waals surface area contributed by atoms with Crippen molar-refractivity contribution >= 4 is 29.0 Å². The smallest absolute Gasteiger partial charge is 0.410 e. The highest BCUT2D eigenvalue weighted by atomic mass is 32.1. The average molecular weight is 419 g/mol.